The van der Waals surface area contributed by atoms with Gasteiger partial charge in [-0.1, -0.05) is 63.2 Å². The highest BCUT2D eigenvalue weighted by molar-refractivity contribution is 5.94. The highest BCUT2D eigenvalue weighted by Crippen LogP contribution is 2.42. The summed E-state index contributed by atoms with van der Waals surface area (Å²) in [5, 5.41) is 12.6. The molecule has 1 aliphatic heterocycles. The lowest BCUT2D eigenvalue weighted by Gasteiger charge is -2.41. The molecule has 1 atom stereocenters. The van der Waals surface area contributed by atoms with E-state index in [1.807, 2.05) is 60.7 Å². The Kier molecular flexibility index (Phi) is 8.65. The van der Waals surface area contributed by atoms with E-state index in [0.717, 1.165) is 59.2 Å². The molecule has 1 unspecified atom stereocenters. The van der Waals surface area contributed by atoms with E-state index in [0.29, 0.717) is 24.1 Å². The van der Waals surface area contributed by atoms with Crippen molar-refractivity contribution in [3.63, 3.8) is 0 Å². The number of carbonyl (C=O) groups is 2. The Hall–Kier alpha value is -4.59. The van der Waals surface area contributed by atoms with Gasteiger partial charge in [-0.05, 0) is 79.0 Å². The van der Waals surface area contributed by atoms with Gasteiger partial charge in [0.05, 0.1) is 18.2 Å². The Balaban J connectivity index is 1.26. The van der Waals surface area contributed by atoms with Crippen LogP contribution in [0.1, 0.15) is 74.8 Å². The van der Waals surface area contributed by atoms with Gasteiger partial charge in [-0.3, -0.25) is 9.59 Å². The van der Waals surface area contributed by atoms with E-state index < -0.39 is 5.97 Å². The maximum absolute atomic E-state index is 12.6. The zero-order valence-electron chi connectivity index (χ0n) is 26.2. The molecule has 1 aromatic heterocycles. The van der Waals surface area contributed by atoms with Crippen molar-refractivity contribution in [2.45, 2.75) is 65.0 Å². The monoisotopic (exact) mass is 607 g/mol. The lowest BCUT2D eigenvalue weighted by molar-refractivity contribution is -0.136. The van der Waals surface area contributed by atoms with Crippen LogP contribution < -0.4 is 5.32 Å². The Morgan fingerprint density at radius 1 is 0.956 bits per heavy atom. The SMILES string of the molecule is CC(C)(C)C1CCC(N2C(=Nc3cccc(-c4cc5ccccc5o4)c3)OCC2c2ccc(C(=O)NCCC(=O)O)cc2)CC1. The Labute approximate surface area is 264 Å². The van der Waals surface area contributed by atoms with Gasteiger partial charge in [-0.2, -0.15) is 4.99 Å². The van der Waals surface area contributed by atoms with Crippen LogP contribution in [0.15, 0.2) is 88.3 Å². The van der Waals surface area contributed by atoms with E-state index >= 15 is 0 Å². The van der Waals surface area contributed by atoms with Gasteiger partial charge in [0.2, 0.25) is 0 Å². The fourth-order valence-electron chi connectivity index (χ4n) is 6.62. The molecule has 3 aromatic carbocycles. The largest absolute Gasteiger partial charge is 0.481 e. The Morgan fingerprint density at radius 2 is 1.71 bits per heavy atom. The van der Waals surface area contributed by atoms with Crippen LogP contribution in [0.5, 0.6) is 0 Å². The third-order valence-electron chi connectivity index (χ3n) is 9.20. The summed E-state index contributed by atoms with van der Waals surface area (Å²) in [7, 11) is 0. The highest BCUT2D eigenvalue weighted by Gasteiger charge is 2.40. The number of furan rings is 1. The number of ether oxygens (including phenoxy) is 1. The molecule has 8 nitrogen and oxygen atoms in total. The first-order valence-corrected chi connectivity index (χ1v) is 15.8. The maximum Gasteiger partial charge on any atom is 0.305 e. The average molecular weight is 608 g/mol. The van der Waals surface area contributed by atoms with E-state index in [1.165, 1.54) is 0 Å². The number of para-hydroxylation sites is 1. The molecule has 1 saturated carbocycles. The number of nitrogens with zero attached hydrogens (tertiary/aromatic N) is 2. The van der Waals surface area contributed by atoms with Crippen molar-refractivity contribution in [2.24, 2.45) is 16.3 Å². The lowest BCUT2D eigenvalue weighted by atomic mass is 9.71. The third kappa shape index (κ3) is 6.90. The van der Waals surface area contributed by atoms with Gasteiger partial charge in [0.25, 0.3) is 11.9 Å². The van der Waals surface area contributed by atoms with Crippen LogP contribution in [0.3, 0.4) is 0 Å². The molecule has 2 N–H and O–H groups in total. The zero-order valence-corrected chi connectivity index (χ0v) is 26.2. The normalized spacial score (nSPS) is 21.2. The van der Waals surface area contributed by atoms with Crippen molar-refractivity contribution in [1.82, 2.24) is 10.2 Å². The van der Waals surface area contributed by atoms with Crippen LogP contribution in [-0.4, -0.2) is 47.1 Å². The minimum Gasteiger partial charge on any atom is -0.481 e. The van der Waals surface area contributed by atoms with Crippen LogP contribution in [0.4, 0.5) is 5.69 Å². The summed E-state index contributed by atoms with van der Waals surface area (Å²) in [4.78, 5) is 30.8. The van der Waals surface area contributed by atoms with E-state index in [-0.39, 0.29) is 36.4 Å². The molecular weight excluding hydrogens is 566 g/mol. The first-order chi connectivity index (χ1) is 21.7. The minimum atomic E-state index is -0.942. The molecule has 8 heteroatoms. The average Bonchev–Trinajstić information content (AvgIpc) is 3.65. The fraction of sp³-hybridized carbons (Fsp3) is 0.378. The van der Waals surface area contributed by atoms with Gasteiger partial charge in [0.15, 0.2) is 0 Å². The van der Waals surface area contributed by atoms with Gasteiger partial charge >= 0.3 is 5.97 Å². The second kappa shape index (κ2) is 12.8. The number of aliphatic imine (C=N–C) groups is 1. The number of amidine groups is 1. The van der Waals surface area contributed by atoms with E-state index in [1.54, 1.807) is 12.1 Å². The number of rotatable bonds is 8. The highest BCUT2D eigenvalue weighted by atomic mass is 16.5. The van der Waals surface area contributed by atoms with Crippen molar-refractivity contribution in [1.29, 1.82) is 0 Å². The number of carboxylic acids is 1. The van der Waals surface area contributed by atoms with Gasteiger partial charge in [0, 0.05) is 29.1 Å². The third-order valence-corrected chi connectivity index (χ3v) is 9.20. The molecule has 0 bridgehead atoms. The molecular formula is C37H41N3O5. The number of amides is 1. The second-order valence-corrected chi connectivity index (χ2v) is 13.2. The molecule has 1 aliphatic carbocycles. The van der Waals surface area contributed by atoms with Crippen LogP contribution >= 0.6 is 0 Å². The standard InChI is InChI=1S/C37H41N3O5/c1-37(2,3)28-15-17-30(18-16-28)40-31(24-11-13-25(14-12-24)35(43)38-20-19-34(41)42)23-44-36(40)39-29-9-6-8-26(21-29)33-22-27-7-4-5-10-32(27)45-33/h4-14,21-22,28,30-31H,15-20,23H2,1-3H3,(H,38,43)(H,41,42). The smallest absolute Gasteiger partial charge is 0.305 e. The van der Waals surface area contributed by atoms with Crippen molar-refractivity contribution in [3.8, 4) is 11.3 Å². The van der Waals surface area contributed by atoms with Crippen LogP contribution in [0.2, 0.25) is 0 Å². The summed E-state index contributed by atoms with van der Waals surface area (Å²) in [6.07, 6.45) is 4.32. The van der Waals surface area contributed by atoms with Crippen molar-refractivity contribution in [2.75, 3.05) is 13.2 Å². The number of aliphatic carboxylic acids is 1. The molecule has 2 aliphatic rings. The number of fused-ring (bicyclic) bond motifs is 1. The lowest BCUT2D eigenvalue weighted by Crippen LogP contribution is -2.42. The first kappa shape index (κ1) is 30.4. The summed E-state index contributed by atoms with van der Waals surface area (Å²) >= 11 is 0. The topological polar surface area (TPSA) is 104 Å². The molecule has 2 fully saturated rings. The number of hydrogen-bond donors (Lipinski definition) is 2. The molecule has 4 aromatic rings. The molecule has 6 rings (SSSR count). The number of carbonyl (C=O) groups excluding carboxylic acids is 1. The number of carboxylic acid groups (broad SMARTS) is 1. The summed E-state index contributed by atoms with van der Waals surface area (Å²) in [6, 6.07) is 26.5. The molecule has 234 valence electrons. The predicted octanol–water partition coefficient (Wildman–Crippen LogP) is 7.97. The van der Waals surface area contributed by atoms with Crippen LogP contribution in [0, 0.1) is 11.3 Å². The Morgan fingerprint density at radius 3 is 2.42 bits per heavy atom. The first-order valence-electron chi connectivity index (χ1n) is 15.8. The summed E-state index contributed by atoms with van der Waals surface area (Å²) in [5.41, 5.74) is 4.43. The molecule has 0 spiro atoms. The van der Waals surface area contributed by atoms with E-state index in [9.17, 15) is 9.59 Å². The quantitative estimate of drug-likeness (QED) is 0.211. The van der Waals surface area contributed by atoms with Crippen LogP contribution in [-0.2, 0) is 9.53 Å². The van der Waals surface area contributed by atoms with Crippen LogP contribution in [0.25, 0.3) is 22.3 Å². The summed E-state index contributed by atoms with van der Waals surface area (Å²) in [6.45, 7) is 7.56. The number of benzene rings is 3. The predicted molar refractivity (Wildman–Crippen MR) is 176 cm³/mol. The second-order valence-electron chi connectivity index (χ2n) is 13.2. The van der Waals surface area contributed by atoms with Gasteiger partial charge in [0.1, 0.15) is 18.0 Å². The van der Waals surface area contributed by atoms with Crippen molar-refractivity contribution < 1.29 is 23.8 Å². The van der Waals surface area contributed by atoms with Gasteiger partial charge in [-0.15, -0.1) is 0 Å². The molecule has 1 saturated heterocycles. The summed E-state index contributed by atoms with van der Waals surface area (Å²) < 4.78 is 12.5. The fourth-order valence-corrected chi connectivity index (χ4v) is 6.62. The molecule has 2 heterocycles. The maximum atomic E-state index is 12.6. The van der Waals surface area contributed by atoms with Gasteiger partial charge in [-0.25, -0.2) is 0 Å². The van der Waals surface area contributed by atoms with E-state index in [4.69, 9.17) is 19.3 Å². The Bertz CT molecular complexity index is 1660. The van der Waals surface area contributed by atoms with E-state index in [2.05, 4.69) is 37.1 Å². The molecule has 0 radical (unpaired) electrons. The van der Waals surface area contributed by atoms with Crippen molar-refractivity contribution in [3.05, 3.63) is 90.0 Å². The molecule has 45 heavy (non-hydrogen) atoms. The minimum absolute atomic E-state index is 0.0392. The number of hydrogen-bond acceptors (Lipinski definition) is 5. The summed E-state index contributed by atoms with van der Waals surface area (Å²) in [5.74, 6) is 0.250. The van der Waals surface area contributed by atoms with Crippen molar-refractivity contribution >= 4 is 34.6 Å². The van der Waals surface area contributed by atoms with Gasteiger partial charge < -0.3 is 24.5 Å². The zero-order chi connectivity index (χ0) is 31.6. The molecule has 1 amide bonds. The number of nitrogens with one attached hydrogen (secondary N) is 1.